The van der Waals surface area contributed by atoms with Gasteiger partial charge in [0.2, 0.25) is 0 Å². The standard InChI is InChI=1S/C19H16ClN5/c1-25(2)17-10-4-13(11-22-17)3-9-16-18(19(21)24-12-23-16)14-5-7-15(20)8-6-14/h4-8,10-12H,1-2H3,(H2,21,23,24). The summed E-state index contributed by atoms with van der Waals surface area (Å²) in [5.41, 5.74) is 8.97. The van der Waals surface area contributed by atoms with Crippen LogP contribution in [0.15, 0.2) is 48.9 Å². The molecule has 2 heterocycles. The molecule has 2 N–H and O–H groups in total. The quantitative estimate of drug-likeness (QED) is 0.719. The topological polar surface area (TPSA) is 67.9 Å². The first-order valence-electron chi connectivity index (χ1n) is 7.56. The third-order valence-corrected chi connectivity index (χ3v) is 3.79. The summed E-state index contributed by atoms with van der Waals surface area (Å²) in [5, 5.41) is 0.652. The van der Waals surface area contributed by atoms with Gasteiger partial charge in [-0.1, -0.05) is 29.7 Å². The Morgan fingerprint density at radius 1 is 0.960 bits per heavy atom. The smallest absolute Gasteiger partial charge is 0.135 e. The van der Waals surface area contributed by atoms with Gasteiger partial charge in [0.15, 0.2) is 0 Å². The third kappa shape index (κ3) is 3.87. The van der Waals surface area contributed by atoms with Gasteiger partial charge in [-0.25, -0.2) is 15.0 Å². The lowest BCUT2D eigenvalue weighted by Gasteiger charge is -2.09. The first-order chi connectivity index (χ1) is 12.0. The molecule has 0 spiro atoms. The van der Waals surface area contributed by atoms with Crippen molar-refractivity contribution in [1.29, 1.82) is 0 Å². The van der Waals surface area contributed by atoms with Gasteiger partial charge < -0.3 is 10.6 Å². The van der Waals surface area contributed by atoms with E-state index >= 15 is 0 Å². The maximum atomic E-state index is 6.04. The number of benzene rings is 1. The summed E-state index contributed by atoms with van der Waals surface area (Å²) >= 11 is 5.95. The normalized spacial score (nSPS) is 10.0. The lowest BCUT2D eigenvalue weighted by atomic mass is 10.0. The number of halogens is 1. The zero-order valence-corrected chi connectivity index (χ0v) is 14.6. The van der Waals surface area contributed by atoms with E-state index in [9.17, 15) is 0 Å². The fraction of sp³-hybridized carbons (Fsp3) is 0.105. The highest BCUT2D eigenvalue weighted by atomic mass is 35.5. The fourth-order valence-electron chi connectivity index (χ4n) is 2.25. The van der Waals surface area contributed by atoms with Crippen LogP contribution in [0.1, 0.15) is 11.3 Å². The summed E-state index contributed by atoms with van der Waals surface area (Å²) in [6, 6.07) is 11.2. The Morgan fingerprint density at radius 3 is 2.36 bits per heavy atom. The first-order valence-corrected chi connectivity index (χ1v) is 7.94. The second-order valence-corrected chi connectivity index (χ2v) is 5.98. The number of aromatic nitrogens is 3. The van der Waals surface area contributed by atoms with E-state index in [4.69, 9.17) is 17.3 Å². The van der Waals surface area contributed by atoms with Gasteiger partial charge in [-0.15, -0.1) is 0 Å². The van der Waals surface area contributed by atoms with E-state index in [1.165, 1.54) is 6.33 Å². The van der Waals surface area contributed by atoms with Crippen LogP contribution in [0.5, 0.6) is 0 Å². The molecule has 0 amide bonds. The van der Waals surface area contributed by atoms with Gasteiger partial charge in [-0.2, -0.15) is 0 Å². The molecule has 1 aromatic carbocycles. The SMILES string of the molecule is CN(C)c1ccc(C#Cc2ncnc(N)c2-c2ccc(Cl)cc2)cn1. The number of hydrogen-bond donors (Lipinski definition) is 1. The highest BCUT2D eigenvalue weighted by molar-refractivity contribution is 6.30. The molecule has 0 aliphatic rings. The minimum Gasteiger partial charge on any atom is -0.383 e. The van der Waals surface area contributed by atoms with E-state index in [2.05, 4.69) is 26.8 Å². The average Bonchev–Trinajstić information content (AvgIpc) is 2.61. The molecule has 25 heavy (non-hydrogen) atoms. The van der Waals surface area contributed by atoms with Crippen molar-refractivity contribution in [3.8, 4) is 23.0 Å². The van der Waals surface area contributed by atoms with Gasteiger partial charge >= 0.3 is 0 Å². The Bertz CT molecular complexity index is 938. The van der Waals surface area contributed by atoms with Gasteiger partial charge in [-0.3, -0.25) is 0 Å². The molecule has 0 aliphatic carbocycles. The summed E-state index contributed by atoms with van der Waals surface area (Å²) in [7, 11) is 3.88. The number of anilines is 2. The van der Waals surface area contributed by atoms with Crippen LogP contribution in [-0.4, -0.2) is 29.0 Å². The van der Waals surface area contributed by atoms with Gasteiger partial charge in [0.1, 0.15) is 23.7 Å². The van der Waals surface area contributed by atoms with Crippen LogP contribution in [-0.2, 0) is 0 Å². The van der Waals surface area contributed by atoms with Gasteiger partial charge in [0.25, 0.3) is 0 Å². The van der Waals surface area contributed by atoms with Crippen molar-refractivity contribution in [3.63, 3.8) is 0 Å². The largest absolute Gasteiger partial charge is 0.383 e. The molecule has 0 saturated carbocycles. The van der Waals surface area contributed by atoms with E-state index in [1.54, 1.807) is 18.3 Å². The maximum Gasteiger partial charge on any atom is 0.135 e. The Kier molecular flexibility index (Phi) is 4.82. The molecular weight excluding hydrogens is 334 g/mol. The minimum atomic E-state index is 0.378. The van der Waals surface area contributed by atoms with Gasteiger partial charge in [0.05, 0.1) is 5.56 Å². The lowest BCUT2D eigenvalue weighted by Crippen LogP contribution is -2.10. The molecule has 0 atom stereocenters. The summed E-state index contributed by atoms with van der Waals surface area (Å²) in [6.07, 6.45) is 3.14. The summed E-state index contributed by atoms with van der Waals surface area (Å²) < 4.78 is 0. The highest BCUT2D eigenvalue weighted by Gasteiger charge is 2.10. The average molecular weight is 350 g/mol. The fourth-order valence-corrected chi connectivity index (χ4v) is 2.38. The molecular formula is C19H16ClN5. The second kappa shape index (κ2) is 7.20. The molecule has 0 saturated heterocycles. The molecule has 3 rings (SSSR count). The minimum absolute atomic E-state index is 0.378. The van der Waals surface area contributed by atoms with Crippen molar-refractivity contribution in [1.82, 2.24) is 15.0 Å². The number of pyridine rings is 1. The Labute approximate surface area is 151 Å². The van der Waals surface area contributed by atoms with Crippen LogP contribution in [0.4, 0.5) is 11.6 Å². The Hall–Kier alpha value is -3.10. The van der Waals surface area contributed by atoms with Crippen molar-refractivity contribution in [2.75, 3.05) is 24.7 Å². The Morgan fingerprint density at radius 2 is 1.72 bits per heavy atom. The molecule has 0 aliphatic heterocycles. The van der Waals surface area contributed by atoms with Crippen LogP contribution in [0.25, 0.3) is 11.1 Å². The number of nitrogens with zero attached hydrogens (tertiary/aromatic N) is 4. The van der Waals surface area contributed by atoms with Crippen LogP contribution >= 0.6 is 11.6 Å². The van der Waals surface area contributed by atoms with Crippen LogP contribution in [0.3, 0.4) is 0 Å². The third-order valence-electron chi connectivity index (χ3n) is 3.54. The second-order valence-electron chi connectivity index (χ2n) is 5.54. The van der Waals surface area contributed by atoms with E-state index in [0.717, 1.165) is 16.9 Å². The molecule has 0 fully saturated rings. The van der Waals surface area contributed by atoms with Crippen molar-refractivity contribution >= 4 is 23.2 Å². The molecule has 2 aromatic heterocycles. The van der Waals surface area contributed by atoms with Crippen LogP contribution in [0, 0.1) is 11.8 Å². The van der Waals surface area contributed by atoms with Crippen LogP contribution < -0.4 is 10.6 Å². The maximum absolute atomic E-state index is 6.04. The highest BCUT2D eigenvalue weighted by Crippen LogP contribution is 2.27. The number of nitrogen functional groups attached to an aromatic ring is 1. The predicted octanol–water partition coefficient (Wildman–Crippen LogP) is 3.24. The Balaban J connectivity index is 1.99. The number of rotatable bonds is 2. The van der Waals surface area contributed by atoms with Crippen molar-refractivity contribution in [2.45, 2.75) is 0 Å². The van der Waals surface area contributed by atoms with Crippen molar-refractivity contribution in [2.24, 2.45) is 0 Å². The van der Waals surface area contributed by atoms with E-state index in [0.29, 0.717) is 22.1 Å². The molecule has 0 radical (unpaired) electrons. The molecule has 5 nitrogen and oxygen atoms in total. The molecule has 124 valence electrons. The van der Waals surface area contributed by atoms with E-state index < -0.39 is 0 Å². The number of nitrogens with two attached hydrogens (primary N) is 1. The van der Waals surface area contributed by atoms with E-state index in [-0.39, 0.29) is 0 Å². The molecule has 0 unspecified atom stereocenters. The van der Waals surface area contributed by atoms with Gasteiger partial charge in [0, 0.05) is 30.9 Å². The van der Waals surface area contributed by atoms with Crippen molar-refractivity contribution in [3.05, 3.63) is 65.2 Å². The molecule has 3 aromatic rings. The zero-order valence-electron chi connectivity index (χ0n) is 13.9. The monoisotopic (exact) mass is 349 g/mol. The molecule has 6 heteroatoms. The molecule has 0 bridgehead atoms. The lowest BCUT2D eigenvalue weighted by molar-refractivity contribution is 1.07. The summed E-state index contributed by atoms with van der Waals surface area (Å²) in [4.78, 5) is 14.6. The predicted molar refractivity (Wildman–Crippen MR) is 101 cm³/mol. The van der Waals surface area contributed by atoms with Gasteiger partial charge in [-0.05, 0) is 35.7 Å². The van der Waals surface area contributed by atoms with Crippen LogP contribution in [0.2, 0.25) is 5.02 Å². The number of hydrogen-bond acceptors (Lipinski definition) is 5. The first kappa shape index (κ1) is 16.7. The zero-order chi connectivity index (χ0) is 17.8. The summed E-state index contributed by atoms with van der Waals surface area (Å²) in [5.74, 6) is 7.39. The van der Waals surface area contributed by atoms with Crippen molar-refractivity contribution < 1.29 is 0 Å². The van der Waals surface area contributed by atoms with E-state index in [1.807, 2.05) is 43.3 Å². The summed E-state index contributed by atoms with van der Waals surface area (Å²) in [6.45, 7) is 0.